The Morgan fingerprint density at radius 3 is 2.33 bits per heavy atom. The summed E-state index contributed by atoms with van der Waals surface area (Å²) < 4.78 is 0. The molecule has 0 spiro atoms. The van der Waals surface area contributed by atoms with Crippen LogP contribution in [0.4, 0.5) is 0 Å². The van der Waals surface area contributed by atoms with Crippen molar-refractivity contribution in [2.45, 2.75) is 27.0 Å². The van der Waals surface area contributed by atoms with Crippen LogP contribution < -0.4 is 0 Å². The maximum absolute atomic E-state index is 9.09. The molecule has 1 aromatic rings. The zero-order valence-electron chi connectivity index (χ0n) is 9.33. The lowest BCUT2D eigenvalue weighted by atomic mass is 10.1. The molecular formula is C12H18ClNO. The fraction of sp³-hybridized carbons (Fsp3) is 0.500. The standard InChI is InChI=1S/C12H18ClNO/c1-3-14(4-2)8-10-6-5-7-11(9-15)12(10)13/h5-7,15H,3-4,8-9H2,1-2H3. The summed E-state index contributed by atoms with van der Waals surface area (Å²) in [5, 5.41) is 9.79. The van der Waals surface area contributed by atoms with E-state index in [0.717, 1.165) is 30.8 Å². The van der Waals surface area contributed by atoms with Crippen molar-refractivity contribution in [3.63, 3.8) is 0 Å². The molecule has 0 unspecified atom stereocenters. The first kappa shape index (κ1) is 12.5. The van der Waals surface area contributed by atoms with Crippen LogP contribution in [-0.4, -0.2) is 23.1 Å². The van der Waals surface area contributed by atoms with Gasteiger partial charge in [-0.25, -0.2) is 0 Å². The summed E-state index contributed by atoms with van der Waals surface area (Å²) >= 11 is 6.18. The monoisotopic (exact) mass is 227 g/mol. The third-order valence-electron chi connectivity index (χ3n) is 2.62. The molecule has 1 rings (SSSR count). The Balaban J connectivity index is 2.85. The van der Waals surface area contributed by atoms with Crippen LogP contribution in [0.2, 0.25) is 5.02 Å². The molecule has 0 aliphatic heterocycles. The number of rotatable bonds is 5. The Morgan fingerprint density at radius 1 is 1.20 bits per heavy atom. The molecule has 0 radical (unpaired) electrons. The SMILES string of the molecule is CCN(CC)Cc1cccc(CO)c1Cl. The van der Waals surface area contributed by atoms with E-state index in [1.54, 1.807) is 0 Å². The molecular weight excluding hydrogens is 210 g/mol. The van der Waals surface area contributed by atoms with Gasteiger partial charge in [0.15, 0.2) is 0 Å². The Kier molecular flexibility index (Phi) is 5.09. The average Bonchev–Trinajstić information content (AvgIpc) is 2.28. The van der Waals surface area contributed by atoms with Crippen molar-refractivity contribution in [1.82, 2.24) is 4.90 Å². The Labute approximate surface area is 96.5 Å². The van der Waals surface area contributed by atoms with E-state index in [2.05, 4.69) is 18.7 Å². The summed E-state index contributed by atoms with van der Waals surface area (Å²) in [7, 11) is 0. The normalized spacial score (nSPS) is 11.0. The van der Waals surface area contributed by atoms with Crippen molar-refractivity contribution in [1.29, 1.82) is 0 Å². The van der Waals surface area contributed by atoms with Crippen LogP contribution in [0.3, 0.4) is 0 Å². The minimum Gasteiger partial charge on any atom is -0.392 e. The van der Waals surface area contributed by atoms with Crippen LogP contribution in [0.25, 0.3) is 0 Å². The van der Waals surface area contributed by atoms with Crippen molar-refractivity contribution >= 4 is 11.6 Å². The first-order chi connectivity index (χ1) is 7.22. The highest BCUT2D eigenvalue weighted by atomic mass is 35.5. The van der Waals surface area contributed by atoms with E-state index < -0.39 is 0 Å². The van der Waals surface area contributed by atoms with Gasteiger partial charge in [0.1, 0.15) is 0 Å². The molecule has 15 heavy (non-hydrogen) atoms. The smallest absolute Gasteiger partial charge is 0.0696 e. The lowest BCUT2D eigenvalue weighted by Crippen LogP contribution is -2.22. The molecule has 84 valence electrons. The molecule has 0 saturated carbocycles. The second-order valence-electron chi connectivity index (χ2n) is 3.51. The highest BCUT2D eigenvalue weighted by Crippen LogP contribution is 2.22. The van der Waals surface area contributed by atoms with Gasteiger partial charge in [-0.15, -0.1) is 0 Å². The molecule has 0 aliphatic rings. The maximum atomic E-state index is 9.09. The number of nitrogens with zero attached hydrogens (tertiary/aromatic N) is 1. The molecule has 0 bridgehead atoms. The molecule has 1 N–H and O–H groups in total. The van der Waals surface area contributed by atoms with Gasteiger partial charge in [-0.1, -0.05) is 43.6 Å². The van der Waals surface area contributed by atoms with Gasteiger partial charge in [-0.05, 0) is 24.2 Å². The molecule has 0 amide bonds. The van der Waals surface area contributed by atoms with Crippen LogP contribution in [-0.2, 0) is 13.2 Å². The molecule has 2 nitrogen and oxygen atoms in total. The summed E-state index contributed by atoms with van der Waals surface area (Å²) in [6, 6.07) is 5.81. The number of aliphatic hydroxyl groups is 1. The number of hydrogen-bond acceptors (Lipinski definition) is 2. The van der Waals surface area contributed by atoms with Crippen molar-refractivity contribution in [2.75, 3.05) is 13.1 Å². The zero-order valence-corrected chi connectivity index (χ0v) is 10.1. The highest BCUT2D eigenvalue weighted by Gasteiger charge is 2.07. The fourth-order valence-electron chi connectivity index (χ4n) is 1.57. The minimum absolute atomic E-state index is 0.00488. The van der Waals surface area contributed by atoms with E-state index in [0.29, 0.717) is 5.02 Å². The fourth-order valence-corrected chi connectivity index (χ4v) is 1.81. The number of hydrogen-bond donors (Lipinski definition) is 1. The molecule has 0 aromatic heterocycles. The topological polar surface area (TPSA) is 23.5 Å². The van der Waals surface area contributed by atoms with Gasteiger partial charge in [0, 0.05) is 6.54 Å². The molecule has 0 aliphatic carbocycles. The van der Waals surface area contributed by atoms with Gasteiger partial charge in [-0.3, -0.25) is 4.90 Å². The van der Waals surface area contributed by atoms with Gasteiger partial charge in [0.2, 0.25) is 0 Å². The molecule has 1 aromatic carbocycles. The van der Waals surface area contributed by atoms with E-state index in [-0.39, 0.29) is 6.61 Å². The predicted molar refractivity (Wildman–Crippen MR) is 64.0 cm³/mol. The largest absolute Gasteiger partial charge is 0.392 e. The second-order valence-corrected chi connectivity index (χ2v) is 3.89. The minimum atomic E-state index is 0.00488. The van der Waals surface area contributed by atoms with Crippen LogP contribution in [0.15, 0.2) is 18.2 Å². The van der Waals surface area contributed by atoms with E-state index in [4.69, 9.17) is 16.7 Å². The number of benzene rings is 1. The van der Waals surface area contributed by atoms with Crippen LogP contribution in [0.1, 0.15) is 25.0 Å². The van der Waals surface area contributed by atoms with Crippen LogP contribution >= 0.6 is 11.6 Å². The van der Waals surface area contributed by atoms with Gasteiger partial charge in [0.25, 0.3) is 0 Å². The lowest BCUT2D eigenvalue weighted by Gasteiger charge is -2.19. The summed E-state index contributed by atoms with van der Waals surface area (Å²) in [6.45, 7) is 7.14. The Bertz CT molecular complexity index is 310. The Hall–Kier alpha value is -0.570. The number of halogens is 1. The average molecular weight is 228 g/mol. The molecule has 0 fully saturated rings. The van der Waals surface area contributed by atoms with Gasteiger partial charge in [-0.2, -0.15) is 0 Å². The van der Waals surface area contributed by atoms with Gasteiger partial charge >= 0.3 is 0 Å². The van der Waals surface area contributed by atoms with Crippen molar-refractivity contribution < 1.29 is 5.11 Å². The maximum Gasteiger partial charge on any atom is 0.0696 e. The first-order valence-electron chi connectivity index (χ1n) is 5.32. The van der Waals surface area contributed by atoms with Crippen molar-refractivity contribution in [2.24, 2.45) is 0 Å². The summed E-state index contributed by atoms with van der Waals surface area (Å²) in [6.07, 6.45) is 0. The third-order valence-corrected chi connectivity index (χ3v) is 3.10. The van der Waals surface area contributed by atoms with E-state index in [1.807, 2.05) is 18.2 Å². The van der Waals surface area contributed by atoms with Crippen molar-refractivity contribution in [3.05, 3.63) is 34.3 Å². The van der Waals surface area contributed by atoms with E-state index >= 15 is 0 Å². The second kappa shape index (κ2) is 6.11. The van der Waals surface area contributed by atoms with Crippen LogP contribution in [0.5, 0.6) is 0 Å². The molecule has 0 saturated heterocycles. The van der Waals surface area contributed by atoms with Gasteiger partial charge < -0.3 is 5.11 Å². The zero-order chi connectivity index (χ0) is 11.3. The number of aliphatic hydroxyl groups excluding tert-OH is 1. The summed E-state index contributed by atoms with van der Waals surface area (Å²) in [4.78, 5) is 2.29. The lowest BCUT2D eigenvalue weighted by molar-refractivity contribution is 0.280. The molecule has 0 atom stereocenters. The summed E-state index contributed by atoms with van der Waals surface area (Å²) in [5.41, 5.74) is 1.90. The van der Waals surface area contributed by atoms with Gasteiger partial charge in [0.05, 0.1) is 11.6 Å². The van der Waals surface area contributed by atoms with Crippen LogP contribution in [0, 0.1) is 0 Å². The Morgan fingerprint density at radius 2 is 1.80 bits per heavy atom. The van der Waals surface area contributed by atoms with E-state index in [1.165, 1.54) is 0 Å². The first-order valence-corrected chi connectivity index (χ1v) is 5.70. The predicted octanol–water partition coefficient (Wildman–Crippen LogP) is 2.67. The van der Waals surface area contributed by atoms with E-state index in [9.17, 15) is 0 Å². The van der Waals surface area contributed by atoms with Crippen molar-refractivity contribution in [3.8, 4) is 0 Å². The molecule has 3 heteroatoms. The summed E-state index contributed by atoms with van der Waals surface area (Å²) in [5.74, 6) is 0. The molecule has 0 heterocycles. The quantitative estimate of drug-likeness (QED) is 0.836. The highest BCUT2D eigenvalue weighted by molar-refractivity contribution is 6.32. The third kappa shape index (κ3) is 3.20.